The Labute approximate surface area is 155 Å². The Morgan fingerprint density at radius 1 is 1.04 bits per heavy atom. The van der Waals surface area contributed by atoms with Crippen molar-refractivity contribution in [2.45, 2.75) is 46.1 Å². The quantitative estimate of drug-likeness (QED) is 0.769. The van der Waals surface area contributed by atoms with E-state index in [4.69, 9.17) is 0 Å². The van der Waals surface area contributed by atoms with Crippen molar-refractivity contribution in [2.24, 2.45) is 5.41 Å². The zero-order chi connectivity index (χ0) is 18.7. The van der Waals surface area contributed by atoms with Crippen LogP contribution in [0.1, 0.15) is 49.3 Å². The first kappa shape index (κ1) is 18.2. The molecule has 0 aromatic heterocycles. The number of amides is 2. The molecular formula is C22H26N2O2. The highest BCUT2D eigenvalue weighted by atomic mass is 16.2. The number of carbonyl (C=O) groups excluding carboxylic acids is 2. The summed E-state index contributed by atoms with van der Waals surface area (Å²) in [6, 6.07) is 15.8. The smallest absolute Gasteiger partial charge is 0.240 e. The summed E-state index contributed by atoms with van der Waals surface area (Å²) in [6.07, 6.45) is 1.20. The van der Waals surface area contributed by atoms with Crippen LogP contribution in [-0.2, 0) is 16.1 Å². The summed E-state index contributed by atoms with van der Waals surface area (Å²) in [5.41, 5.74) is 3.23. The van der Waals surface area contributed by atoms with Crippen molar-refractivity contribution < 1.29 is 9.59 Å². The zero-order valence-corrected chi connectivity index (χ0v) is 15.6. The van der Waals surface area contributed by atoms with E-state index < -0.39 is 5.41 Å². The van der Waals surface area contributed by atoms with Crippen LogP contribution in [0.25, 0.3) is 0 Å². The second-order valence-electron chi connectivity index (χ2n) is 7.48. The summed E-state index contributed by atoms with van der Waals surface area (Å²) in [5, 5.41) is 5.82. The summed E-state index contributed by atoms with van der Waals surface area (Å²) >= 11 is 0. The summed E-state index contributed by atoms with van der Waals surface area (Å²) in [5.74, 6) is 0.0498. The molecule has 2 aromatic rings. The fourth-order valence-electron chi connectivity index (χ4n) is 3.06. The van der Waals surface area contributed by atoms with Gasteiger partial charge in [0.1, 0.15) is 5.41 Å². The predicted molar refractivity (Wildman–Crippen MR) is 104 cm³/mol. The van der Waals surface area contributed by atoms with Gasteiger partial charge < -0.3 is 10.6 Å². The summed E-state index contributed by atoms with van der Waals surface area (Å²) in [4.78, 5) is 25.2. The minimum Gasteiger partial charge on any atom is -0.351 e. The van der Waals surface area contributed by atoms with E-state index >= 15 is 0 Å². The summed E-state index contributed by atoms with van der Waals surface area (Å²) in [6.45, 7) is 6.72. The van der Waals surface area contributed by atoms with Gasteiger partial charge in [-0.3, -0.25) is 9.59 Å². The average Bonchev–Trinajstić information content (AvgIpc) is 3.42. The molecule has 136 valence electrons. The minimum absolute atomic E-state index is 0.185. The van der Waals surface area contributed by atoms with Gasteiger partial charge in [-0.25, -0.2) is 0 Å². The standard InChI is InChI=1S/C22H26N2O2/c1-15(2)18-7-9-19(10-8-18)24-21(26)22(11-12-22)20(25)23-14-17-6-4-5-16(3)13-17/h4-10,13,15H,11-12,14H2,1-3H3,(H,23,25)(H,24,26). The number of nitrogens with one attached hydrogen (secondary N) is 2. The molecule has 0 saturated heterocycles. The third-order valence-corrected chi connectivity index (χ3v) is 4.99. The molecule has 0 bridgehead atoms. The molecule has 0 heterocycles. The molecule has 1 saturated carbocycles. The number of hydrogen-bond acceptors (Lipinski definition) is 2. The van der Waals surface area contributed by atoms with E-state index in [1.165, 1.54) is 5.56 Å². The Kier molecular flexibility index (Phi) is 5.12. The third-order valence-electron chi connectivity index (χ3n) is 4.99. The number of anilines is 1. The van der Waals surface area contributed by atoms with Crippen molar-refractivity contribution in [3.63, 3.8) is 0 Å². The molecule has 2 amide bonds. The van der Waals surface area contributed by atoms with Gasteiger partial charge in [0.2, 0.25) is 11.8 Å². The molecule has 4 nitrogen and oxygen atoms in total. The highest BCUT2D eigenvalue weighted by Crippen LogP contribution is 2.47. The molecule has 2 aromatic carbocycles. The first-order valence-corrected chi connectivity index (χ1v) is 9.16. The van der Waals surface area contributed by atoms with Crippen molar-refractivity contribution in [3.8, 4) is 0 Å². The molecule has 1 fully saturated rings. The van der Waals surface area contributed by atoms with Crippen LogP contribution in [0.4, 0.5) is 5.69 Å². The maximum absolute atomic E-state index is 12.7. The van der Waals surface area contributed by atoms with Gasteiger partial charge in [-0.15, -0.1) is 0 Å². The van der Waals surface area contributed by atoms with E-state index in [1.54, 1.807) is 0 Å². The van der Waals surface area contributed by atoms with Crippen molar-refractivity contribution in [1.29, 1.82) is 0 Å². The Bertz CT molecular complexity index is 805. The molecule has 0 radical (unpaired) electrons. The number of aryl methyl sites for hydroxylation is 1. The van der Waals surface area contributed by atoms with Crippen LogP contribution in [0.5, 0.6) is 0 Å². The molecule has 0 atom stereocenters. The van der Waals surface area contributed by atoms with Crippen molar-refractivity contribution in [3.05, 3.63) is 65.2 Å². The van der Waals surface area contributed by atoms with E-state index in [-0.39, 0.29) is 11.8 Å². The lowest BCUT2D eigenvalue weighted by Crippen LogP contribution is -2.39. The second-order valence-corrected chi connectivity index (χ2v) is 7.48. The van der Waals surface area contributed by atoms with Gasteiger partial charge in [-0.2, -0.15) is 0 Å². The number of benzene rings is 2. The topological polar surface area (TPSA) is 58.2 Å². The summed E-state index contributed by atoms with van der Waals surface area (Å²) < 4.78 is 0. The van der Waals surface area contributed by atoms with Crippen LogP contribution in [-0.4, -0.2) is 11.8 Å². The van der Waals surface area contributed by atoms with E-state index in [0.717, 1.165) is 16.8 Å². The largest absolute Gasteiger partial charge is 0.351 e. The van der Waals surface area contributed by atoms with Gasteiger partial charge >= 0.3 is 0 Å². The first-order valence-electron chi connectivity index (χ1n) is 9.16. The molecule has 1 aliphatic carbocycles. The van der Waals surface area contributed by atoms with Crippen LogP contribution in [0.2, 0.25) is 0 Å². The molecule has 26 heavy (non-hydrogen) atoms. The predicted octanol–water partition coefficient (Wildman–Crippen LogP) is 4.15. The molecular weight excluding hydrogens is 324 g/mol. The fourth-order valence-corrected chi connectivity index (χ4v) is 3.06. The molecule has 0 unspecified atom stereocenters. The highest BCUT2D eigenvalue weighted by Gasteiger charge is 2.56. The summed E-state index contributed by atoms with van der Waals surface area (Å²) in [7, 11) is 0. The van der Waals surface area contributed by atoms with Crippen LogP contribution < -0.4 is 10.6 Å². The van der Waals surface area contributed by atoms with Gasteiger partial charge in [0, 0.05) is 12.2 Å². The maximum atomic E-state index is 12.7. The lowest BCUT2D eigenvalue weighted by molar-refractivity contribution is -0.134. The Hall–Kier alpha value is -2.62. The average molecular weight is 350 g/mol. The Balaban J connectivity index is 1.60. The highest BCUT2D eigenvalue weighted by molar-refractivity contribution is 6.13. The normalized spacial score (nSPS) is 14.8. The molecule has 1 aliphatic rings. The maximum Gasteiger partial charge on any atom is 0.240 e. The van der Waals surface area contributed by atoms with Crippen LogP contribution >= 0.6 is 0 Å². The van der Waals surface area contributed by atoms with E-state index in [9.17, 15) is 9.59 Å². The van der Waals surface area contributed by atoms with Crippen LogP contribution in [0.15, 0.2) is 48.5 Å². The van der Waals surface area contributed by atoms with E-state index in [1.807, 2.05) is 55.5 Å². The zero-order valence-electron chi connectivity index (χ0n) is 15.6. The van der Waals surface area contributed by atoms with Gasteiger partial charge in [0.25, 0.3) is 0 Å². The SMILES string of the molecule is Cc1cccc(CNC(=O)C2(C(=O)Nc3ccc(C(C)C)cc3)CC2)c1. The monoisotopic (exact) mass is 350 g/mol. The number of hydrogen-bond donors (Lipinski definition) is 2. The molecule has 2 N–H and O–H groups in total. The van der Waals surface area contributed by atoms with Crippen LogP contribution in [0, 0.1) is 12.3 Å². The van der Waals surface area contributed by atoms with Crippen molar-refractivity contribution in [1.82, 2.24) is 5.32 Å². The number of carbonyl (C=O) groups is 2. The third kappa shape index (κ3) is 3.96. The van der Waals surface area contributed by atoms with Gasteiger partial charge in [-0.05, 0) is 48.9 Å². The molecule has 3 rings (SSSR count). The minimum atomic E-state index is -0.916. The second kappa shape index (κ2) is 7.32. The van der Waals surface area contributed by atoms with E-state index in [0.29, 0.717) is 25.3 Å². The van der Waals surface area contributed by atoms with E-state index in [2.05, 4.69) is 24.5 Å². The van der Waals surface area contributed by atoms with Crippen LogP contribution in [0.3, 0.4) is 0 Å². The lowest BCUT2D eigenvalue weighted by Gasteiger charge is -2.16. The fraction of sp³-hybridized carbons (Fsp3) is 0.364. The lowest BCUT2D eigenvalue weighted by atomic mass is 10.0. The van der Waals surface area contributed by atoms with Crippen molar-refractivity contribution in [2.75, 3.05) is 5.32 Å². The first-order chi connectivity index (χ1) is 12.4. The van der Waals surface area contributed by atoms with Gasteiger partial charge in [-0.1, -0.05) is 55.8 Å². The Morgan fingerprint density at radius 3 is 2.31 bits per heavy atom. The molecule has 0 aliphatic heterocycles. The molecule has 4 heteroatoms. The van der Waals surface area contributed by atoms with Gasteiger partial charge in [0.05, 0.1) is 0 Å². The Morgan fingerprint density at radius 2 is 1.73 bits per heavy atom. The van der Waals surface area contributed by atoms with Gasteiger partial charge in [0.15, 0.2) is 0 Å². The number of rotatable bonds is 6. The van der Waals surface area contributed by atoms with Crippen molar-refractivity contribution >= 4 is 17.5 Å². The molecule has 0 spiro atoms.